The van der Waals surface area contributed by atoms with Gasteiger partial charge in [0.05, 0.1) is 35.0 Å². The second kappa shape index (κ2) is 11.7. The third kappa shape index (κ3) is 5.70. The molecular formula is C31H34F3N5O3. The summed E-state index contributed by atoms with van der Waals surface area (Å²) in [6, 6.07) is 6.89. The van der Waals surface area contributed by atoms with Gasteiger partial charge in [-0.25, -0.2) is 23.1 Å². The predicted octanol–water partition coefficient (Wildman–Crippen LogP) is 5.93. The summed E-state index contributed by atoms with van der Waals surface area (Å²) in [6.07, 6.45) is 3.49. The molecular weight excluding hydrogens is 547 g/mol. The molecule has 1 atom stereocenters. The van der Waals surface area contributed by atoms with Gasteiger partial charge in [0, 0.05) is 31.0 Å². The maximum atomic E-state index is 15.3. The molecule has 2 aromatic carbocycles. The minimum Gasteiger partial charge on any atom is -0.394 e. The van der Waals surface area contributed by atoms with Gasteiger partial charge in [0.25, 0.3) is 0 Å². The lowest BCUT2D eigenvalue weighted by Gasteiger charge is -2.33. The Bertz CT molecular complexity index is 1550. The molecule has 0 aliphatic carbocycles. The minimum absolute atomic E-state index is 0.0635. The zero-order valence-electron chi connectivity index (χ0n) is 23.9. The first-order chi connectivity index (χ1) is 20.0. The number of allylic oxidation sites excluding steroid dienone is 1. The fourth-order valence-electron chi connectivity index (χ4n) is 5.53. The van der Waals surface area contributed by atoms with Crippen LogP contribution in [-0.4, -0.2) is 58.1 Å². The Morgan fingerprint density at radius 2 is 1.88 bits per heavy atom. The van der Waals surface area contributed by atoms with Crippen LogP contribution in [0.25, 0.3) is 22.0 Å². The van der Waals surface area contributed by atoms with Crippen molar-refractivity contribution < 1.29 is 27.9 Å². The number of hydrogen-bond acceptors (Lipinski definition) is 7. The molecule has 3 heterocycles. The van der Waals surface area contributed by atoms with E-state index in [0.717, 1.165) is 5.71 Å². The number of anilines is 2. The number of halogens is 3. The number of carbonyl (C=O) groups is 1. The lowest BCUT2D eigenvalue weighted by Crippen LogP contribution is -2.36. The summed E-state index contributed by atoms with van der Waals surface area (Å²) in [5.41, 5.74) is 0.477. The van der Waals surface area contributed by atoms with Gasteiger partial charge < -0.3 is 19.7 Å². The van der Waals surface area contributed by atoms with Gasteiger partial charge in [0.1, 0.15) is 23.8 Å². The Kier molecular flexibility index (Phi) is 8.23. The molecule has 11 heteroatoms. The van der Waals surface area contributed by atoms with E-state index in [-0.39, 0.29) is 41.7 Å². The van der Waals surface area contributed by atoms with E-state index < -0.39 is 23.3 Å². The maximum absolute atomic E-state index is 15.3. The third-order valence-corrected chi connectivity index (χ3v) is 8.12. The van der Waals surface area contributed by atoms with Gasteiger partial charge >= 0.3 is 0 Å². The van der Waals surface area contributed by atoms with Gasteiger partial charge in [-0.15, -0.1) is 0 Å². The number of nitrogens with zero attached hydrogens (tertiary/aromatic N) is 5. The van der Waals surface area contributed by atoms with Gasteiger partial charge in [-0.1, -0.05) is 17.8 Å². The molecule has 222 valence electrons. The summed E-state index contributed by atoms with van der Waals surface area (Å²) in [6.45, 7) is 9.02. The van der Waals surface area contributed by atoms with Crippen LogP contribution in [0.3, 0.4) is 0 Å². The van der Waals surface area contributed by atoms with Crippen LogP contribution in [0.2, 0.25) is 0 Å². The van der Waals surface area contributed by atoms with Crippen molar-refractivity contribution in [1.29, 1.82) is 0 Å². The first-order valence-electron chi connectivity index (χ1n) is 14.0. The third-order valence-electron chi connectivity index (χ3n) is 8.12. The van der Waals surface area contributed by atoms with E-state index in [2.05, 4.69) is 21.7 Å². The second-order valence-corrected chi connectivity index (χ2v) is 11.3. The van der Waals surface area contributed by atoms with Crippen molar-refractivity contribution in [3.8, 4) is 11.1 Å². The van der Waals surface area contributed by atoms with Crippen LogP contribution < -0.4 is 9.80 Å². The Hall–Kier alpha value is -3.99. The van der Waals surface area contributed by atoms with Crippen LogP contribution in [0.4, 0.5) is 24.7 Å². The van der Waals surface area contributed by atoms with Gasteiger partial charge in [-0.2, -0.15) is 0 Å². The summed E-state index contributed by atoms with van der Waals surface area (Å²) in [4.78, 5) is 29.6. The molecule has 1 N–H and O–H groups in total. The van der Waals surface area contributed by atoms with Crippen molar-refractivity contribution in [1.82, 2.24) is 9.97 Å². The standard InChI is InChI=1S/C31H34F3N5O3/c1-18(37-42-19(2)31(3,4)34)20-11-13-38(14-12-20)30-28-24(32)8-7-23(29(28)35-17-36-30)21-5-9-26(25(33)15-21)39-22(16-40)6-10-27(39)41/h5,7-9,15,17,20,22,40H,2,6,10-14,16H2,1,3-4H3/b37-18+. The number of carbonyl (C=O) groups excluding carboxylic acids is 1. The predicted molar refractivity (Wildman–Crippen MR) is 156 cm³/mol. The van der Waals surface area contributed by atoms with E-state index in [0.29, 0.717) is 54.8 Å². The van der Waals surface area contributed by atoms with E-state index in [4.69, 9.17) is 4.84 Å². The van der Waals surface area contributed by atoms with Gasteiger partial charge in [0.2, 0.25) is 5.91 Å². The maximum Gasteiger partial charge on any atom is 0.227 e. The number of amides is 1. The Morgan fingerprint density at radius 1 is 1.14 bits per heavy atom. The lowest BCUT2D eigenvalue weighted by atomic mass is 9.92. The molecule has 1 amide bonds. The van der Waals surface area contributed by atoms with Crippen LogP contribution in [-0.2, 0) is 9.63 Å². The van der Waals surface area contributed by atoms with Crippen molar-refractivity contribution in [3.63, 3.8) is 0 Å². The minimum atomic E-state index is -1.70. The summed E-state index contributed by atoms with van der Waals surface area (Å²) in [5.74, 6) is -0.865. The van der Waals surface area contributed by atoms with Crippen LogP contribution in [0.5, 0.6) is 0 Å². The molecule has 2 saturated heterocycles. The monoisotopic (exact) mass is 581 g/mol. The first-order valence-corrected chi connectivity index (χ1v) is 14.0. The quantitative estimate of drug-likeness (QED) is 0.201. The van der Waals surface area contributed by atoms with Crippen LogP contribution in [0.1, 0.15) is 46.5 Å². The molecule has 1 aromatic heterocycles. The lowest BCUT2D eigenvalue weighted by molar-refractivity contribution is -0.117. The SMILES string of the molecule is C=C(O/N=C(\C)C1CCN(c2ncnc3c(-c4ccc(N5C(=O)CCC5CO)c(F)c4)ccc(F)c23)CC1)C(C)(C)F. The highest BCUT2D eigenvalue weighted by atomic mass is 19.1. The summed E-state index contributed by atoms with van der Waals surface area (Å²) >= 11 is 0. The number of piperidine rings is 1. The van der Waals surface area contributed by atoms with E-state index >= 15 is 8.78 Å². The van der Waals surface area contributed by atoms with Crippen LogP contribution in [0.15, 0.2) is 54.2 Å². The number of rotatable bonds is 8. The van der Waals surface area contributed by atoms with Crippen LogP contribution in [0, 0.1) is 17.6 Å². The topological polar surface area (TPSA) is 91.2 Å². The molecule has 0 radical (unpaired) electrons. The normalized spacial score (nSPS) is 18.7. The van der Waals surface area contributed by atoms with E-state index in [1.54, 1.807) is 12.1 Å². The Labute approximate surface area is 242 Å². The Morgan fingerprint density at radius 3 is 2.55 bits per heavy atom. The van der Waals surface area contributed by atoms with Gasteiger partial charge in [-0.3, -0.25) is 4.79 Å². The zero-order chi connectivity index (χ0) is 30.2. The first kappa shape index (κ1) is 29.5. The molecule has 3 aromatic rings. The number of alkyl halides is 1. The van der Waals surface area contributed by atoms with Crippen molar-refractivity contribution in [2.24, 2.45) is 11.1 Å². The molecule has 1 unspecified atom stereocenters. The van der Waals surface area contributed by atoms with Gasteiger partial charge in [0.15, 0.2) is 11.4 Å². The number of hydrogen-bond donors (Lipinski definition) is 1. The molecule has 0 saturated carbocycles. The largest absolute Gasteiger partial charge is 0.394 e. The second-order valence-electron chi connectivity index (χ2n) is 11.3. The summed E-state index contributed by atoms with van der Waals surface area (Å²) in [5, 5.41) is 14.0. The fourth-order valence-corrected chi connectivity index (χ4v) is 5.53. The summed E-state index contributed by atoms with van der Waals surface area (Å²) < 4.78 is 44.6. The molecule has 2 aliphatic heterocycles. The van der Waals surface area contributed by atoms with E-state index in [1.165, 1.54) is 43.3 Å². The van der Waals surface area contributed by atoms with Crippen molar-refractivity contribution >= 4 is 34.0 Å². The van der Waals surface area contributed by atoms with Crippen LogP contribution >= 0.6 is 0 Å². The average molecular weight is 582 g/mol. The zero-order valence-corrected chi connectivity index (χ0v) is 23.9. The number of aromatic nitrogens is 2. The molecule has 0 bridgehead atoms. The van der Waals surface area contributed by atoms with Crippen molar-refractivity contribution in [3.05, 3.63) is 60.6 Å². The Balaban J connectivity index is 1.39. The van der Waals surface area contributed by atoms with E-state index in [9.17, 15) is 14.3 Å². The summed E-state index contributed by atoms with van der Waals surface area (Å²) in [7, 11) is 0. The number of oxime groups is 1. The van der Waals surface area contributed by atoms with Crippen molar-refractivity contribution in [2.75, 3.05) is 29.5 Å². The molecule has 42 heavy (non-hydrogen) atoms. The number of fused-ring (bicyclic) bond motifs is 1. The van der Waals surface area contributed by atoms with E-state index in [1.807, 2.05) is 11.8 Å². The number of benzene rings is 2. The van der Waals surface area contributed by atoms with Gasteiger partial charge in [-0.05, 0) is 69.9 Å². The fraction of sp³-hybridized carbons (Fsp3) is 0.419. The molecule has 5 rings (SSSR count). The highest BCUT2D eigenvalue weighted by Gasteiger charge is 2.33. The van der Waals surface area contributed by atoms with Crippen molar-refractivity contribution in [2.45, 2.75) is 58.2 Å². The smallest absolute Gasteiger partial charge is 0.227 e. The molecule has 2 fully saturated rings. The number of aliphatic hydroxyl groups excluding tert-OH is 1. The average Bonchev–Trinajstić information content (AvgIpc) is 3.35. The molecule has 2 aliphatic rings. The molecule has 8 nitrogen and oxygen atoms in total. The highest BCUT2D eigenvalue weighted by molar-refractivity contribution is 6.01. The molecule has 0 spiro atoms. The highest BCUT2D eigenvalue weighted by Crippen LogP contribution is 2.37. The number of aliphatic hydroxyl groups is 1.